The molecule has 2 N–H and O–H groups in total. The van der Waals surface area contributed by atoms with E-state index in [1.165, 1.54) is 0 Å². The van der Waals surface area contributed by atoms with Gasteiger partial charge in [0.15, 0.2) is 11.5 Å². The van der Waals surface area contributed by atoms with E-state index >= 15 is 0 Å². The molecule has 0 aliphatic carbocycles. The number of halogens is 3. The summed E-state index contributed by atoms with van der Waals surface area (Å²) in [6.45, 7) is 1.34. The van der Waals surface area contributed by atoms with Crippen molar-refractivity contribution in [1.29, 1.82) is 0 Å². The van der Waals surface area contributed by atoms with E-state index in [1.54, 1.807) is 19.2 Å². The lowest BCUT2D eigenvalue weighted by atomic mass is 10.1. The number of hydrogen-bond acceptors (Lipinski definition) is 4. The monoisotopic (exact) mass is 509 g/mol. The number of benzene rings is 3. The lowest BCUT2D eigenvalue weighted by Crippen LogP contribution is -2.21. The van der Waals surface area contributed by atoms with E-state index in [0.717, 1.165) is 21.2 Å². The number of nitrogens with one attached hydrogen (secondary N) is 1. The number of ether oxygens (including phenoxy) is 2. The third kappa shape index (κ3) is 6.13. The Hall–Kier alpha value is -1.76. The van der Waals surface area contributed by atoms with Gasteiger partial charge in [-0.1, -0.05) is 75.5 Å². The van der Waals surface area contributed by atoms with Crippen molar-refractivity contribution in [3.05, 3.63) is 91.9 Å². The van der Waals surface area contributed by atoms with Crippen LogP contribution in [0.5, 0.6) is 11.5 Å². The van der Waals surface area contributed by atoms with Gasteiger partial charge >= 0.3 is 0 Å². The Kier molecular flexibility index (Phi) is 8.42. The lowest BCUT2D eigenvalue weighted by molar-refractivity contribution is 0.174. The highest BCUT2D eigenvalue weighted by molar-refractivity contribution is 9.10. The second-order valence-electron chi connectivity index (χ2n) is 6.69. The van der Waals surface area contributed by atoms with Crippen LogP contribution < -0.4 is 14.8 Å². The van der Waals surface area contributed by atoms with Gasteiger partial charge in [0.05, 0.1) is 23.3 Å². The van der Waals surface area contributed by atoms with Crippen molar-refractivity contribution in [2.45, 2.75) is 19.3 Å². The third-order valence-corrected chi connectivity index (χ3v) is 6.03. The molecular formula is C23H22BrCl2NO3. The van der Waals surface area contributed by atoms with Crippen LogP contribution in [-0.4, -0.2) is 18.8 Å². The summed E-state index contributed by atoms with van der Waals surface area (Å²) < 4.78 is 12.3. The fraction of sp³-hybridized carbons (Fsp3) is 0.217. The highest BCUT2D eigenvalue weighted by Gasteiger charge is 2.12. The van der Waals surface area contributed by atoms with Gasteiger partial charge in [-0.3, -0.25) is 0 Å². The van der Waals surface area contributed by atoms with Gasteiger partial charge in [-0.2, -0.15) is 0 Å². The minimum Gasteiger partial charge on any atom is -0.493 e. The Balaban J connectivity index is 1.62. The summed E-state index contributed by atoms with van der Waals surface area (Å²) in [6, 6.07) is 18.8. The van der Waals surface area contributed by atoms with Crippen LogP contribution in [0.15, 0.2) is 65.1 Å². The zero-order valence-electron chi connectivity index (χ0n) is 16.4. The summed E-state index contributed by atoms with van der Waals surface area (Å²) in [7, 11) is 1.60. The van der Waals surface area contributed by atoms with Crippen LogP contribution in [0.3, 0.4) is 0 Å². The fourth-order valence-corrected chi connectivity index (χ4v) is 3.70. The summed E-state index contributed by atoms with van der Waals surface area (Å²) in [5, 5.41) is 14.6. The first-order valence-electron chi connectivity index (χ1n) is 9.34. The molecule has 0 heterocycles. The van der Waals surface area contributed by atoms with Crippen molar-refractivity contribution in [3.8, 4) is 11.5 Å². The van der Waals surface area contributed by atoms with Crippen LogP contribution in [0.1, 0.15) is 22.8 Å². The molecule has 3 aromatic rings. The average molecular weight is 511 g/mol. The number of rotatable bonds is 9. The Morgan fingerprint density at radius 2 is 1.77 bits per heavy atom. The fourth-order valence-electron chi connectivity index (χ4n) is 2.91. The Labute approximate surface area is 194 Å². The van der Waals surface area contributed by atoms with Crippen LogP contribution in [0, 0.1) is 0 Å². The van der Waals surface area contributed by atoms with Crippen molar-refractivity contribution in [2.24, 2.45) is 0 Å². The van der Waals surface area contributed by atoms with Crippen molar-refractivity contribution >= 4 is 39.1 Å². The molecule has 0 fully saturated rings. The molecule has 0 aliphatic rings. The normalized spacial score (nSPS) is 11.9. The smallest absolute Gasteiger partial charge is 0.162 e. The zero-order chi connectivity index (χ0) is 21.5. The largest absolute Gasteiger partial charge is 0.493 e. The summed E-state index contributed by atoms with van der Waals surface area (Å²) >= 11 is 15.6. The molecule has 7 heteroatoms. The van der Waals surface area contributed by atoms with Gasteiger partial charge in [0.2, 0.25) is 0 Å². The predicted molar refractivity (Wildman–Crippen MR) is 125 cm³/mol. The van der Waals surface area contributed by atoms with E-state index < -0.39 is 6.10 Å². The van der Waals surface area contributed by atoms with Gasteiger partial charge in [0.1, 0.15) is 6.61 Å². The number of hydrogen-bond donors (Lipinski definition) is 2. The van der Waals surface area contributed by atoms with Crippen molar-refractivity contribution in [1.82, 2.24) is 5.32 Å². The molecule has 1 unspecified atom stereocenters. The molecular weight excluding hydrogens is 489 g/mol. The average Bonchev–Trinajstić information content (AvgIpc) is 2.76. The second kappa shape index (κ2) is 11.0. The molecule has 0 amide bonds. The second-order valence-corrected chi connectivity index (χ2v) is 8.36. The number of methoxy groups -OCH3 is 1. The van der Waals surface area contributed by atoms with Crippen molar-refractivity contribution in [3.63, 3.8) is 0 Å². The minimum absolute atomic E-state index is 0.334. The maximum atomic E-state index is 10.3. The maximum absolute atomic E-state index is 10.3. The van der Waals surface area contributed by atoms with Crippen LogP contribution >= 0.6 is 39.1 Å². The minimum atomic E-state index is -0.569. The van der Waals surface area contributed by atoms with Gasteiger partial charge in [0.25, 0.3) is 0 Å². The summed E-state index contributed by atoms with van der Waals surface area (Å²) in [5.74, 6) is 1.24. The first-order chi connectivity index (χ1) is 14.5. The van der Waals surface area contributed by atoms with Crippen molar-refractivity contribution in [2.75, 3.05) is 13.7 Å². The first-order valence-corrected chi connectivity index (χ1v) is 10.9. The molecule has 0 aromatic heterocycles. The summed E-state index contributed by atoms with van der Waals surface area (Å²) in [6.07, 6.45) is -0.569. The van der Waals surface area contributed by atoms with E-state index in [2.05, 4.69) is 21.2 Å². The highest BCUT2D eigenvalue weighted by Crippen LogP contribution is 2.34. The number of aliphatic hydroxyl groups excluding tert-OH is 1. The maximum Gasteiger partial charge on any atom is 0.162 e. The highest BCUT2D eigenvalue weighted by atomic mass is 79.9. The molecule has 30 heavy (non-hydrogen) atoms. The zero-order valence-corrected chi connectivity index (χ0v) is 19.5. The molecule has 158 valence electrons. The van der Waals surface area contributed by atoms with E-state index in [0.29, 0.717) is 41.2 Å². The molecule has 3 rings (SSSR count). The molecule has 0 saturated carbocycles. The topological polar surface area (TPSA) is 50.7 Å². The lowest BCUT2D eigenvalue weighted by Gasteiger charge is -2.16. The molecule has 1 atom stereocenters. The van der Waals surface area contributed by atoms with Gasteiger partial charge in [-0.15, -0.1) is 0 Å². The van der Waals surface area contributed by atoms with E-state index in [4.69, 9.17) is 32.7 Å². The van der Waals surface area contributed by atoms with E-state index in [9.17, 15) is 5.11 Å². The third-order valence-electron chi connectivity index (χ3n) is 4.55. The van der Waals surface area contributed by atoms with Gasteiger partial charge < -0.3 is 19.9 Å². The molecule has 4 nitrogen and oxygen atoms in total. The summed E-state index contributed by atoms with van der Waals surface area (Å²) in [4.78, 5) is 0. The summed E-state index contributed by atoms with van der Waals surface area (Å²) in [5.41, 5.74) is 2.78. The van der Waals surface area contributed by atoms with Gasteiger partial charge in [-0.25, -0.2) is 0 Å². The van der Waals surface area contributed by atoms with Gasteiger partial charge in [0, 0.05) is 17.6 Å². The molecule has 0 spiro atoms. The molecule has 3 aromatic carbocycles. The Bertz CT molecular complexity index is 986. The quantitative estimate of drug-likeness (QED) is 0.361. The van der Waals surface area contributed by atoms with Crippen molar-refractivity contribution < 1.29 is 14.6 Å². The standard InChI is InChI=1S/C23H22BrCl2NO3/c1-29-22-10-17(12-27-13-21(28)16-5-3-2-4-6-16)18(24)11-23(22)30-14-15-7-8-19(25)20(26)9-15/h2-11,21,27-28H,12-14H2,1H3. The van der Waals surface area contributed by atoms with Crippen LogP contribution in [-0.2, 0) is 13.2 Å². The van der Waals surface area contributed by atoms with E-state index in [1.807, 2.05) is 48.5 Å². The van der Waals surface area contributed by atoms with E-state index in [-0.39, 0.29) is 0 Å². The number of aliphatic hydroxyl groups is 1. The van der Waals surface area contributed by atoms with Gasteiger partial charge in [-0.05, 0) is 41.0 Å². The predicted octanol–water partition coefficient (Wildman–Crippen LogP) is 6.17. The Morgan fingerprint density at radius 1 is 1.00 bits per heavy atom. The molecule has 0 bridgehead atoms. The van der Waals surface area contributed by atoms with Crippen LogP contribution in [0.25, 0.3) is 0 Å². The molecule has 0 saturated heterocycles. The molecule has 0 radical (unpaired) electrons. The SMILES string of the molecule is COc1cc(CNCC(O)c2ccccc2)c(Br)cc1OCc1ccc(Cl)c(Cl)c1. The Morgan fingerprint density at radius 3 is 2.47 bits per heavy atom. The first kappa shape index (κ1) is 22.9. The van der Waals surface area contributed by atoms with Crippen LogP contribution in [0.4, 0.5) is 0 Å². The molecule has 0 aliphatic heterocycles. The van der Waals surface area contributed by atoms with Crippen LogP contribution in [0.2, 0.25) is 10.0 Å².